The standard InChI is InChI=1S/C34H42N14O6.2ClH/c1-45-17-21(13-23(45)31(51)39-9-7-27(35)36)43-33(53)25-11-19(15-47(25)3)41-29(49)5-6-30(50)42-20-12-26(48(4)16-20)34(54)44-22-14-24(46(2)18-22)32(52)40-10-8-28(37)38;;/h5-6,11-18H,7-10H2,1-4H3,(H3,35,36)(H3,37,38)(H,39,51)(H,40,52)(H,41,49)(H,42,50)(H,43,53)(H,44,54);2*1H/b6-5-;;. The molecule has 0 saturated carbocycles. The molecule has 20 nitrogen and oxygen atoms in total. The fourth-order valence-electron chi connectivity index (χ4n) is 5.15. The van der Waals surface area contributed by atoms with Crippen LogP contribution in [0.3, 0.4) is 0 Å². The van der Waals surface area contributed by atoms with E-state index in [1.54, 1.807) is 49.7 Å². The van der Waals surface area contributed by atoms with E-state index in [1.165, 1.54) is 45.8 Å². The minimum atomic E-state index is -0.644. The van der Waals surface area contributed by atoms with Gasteiger partial charge in [0, 0.05) is 91.1 Å². The maximum atomic E-state index is 13.0. The third kappa shape index (κ3) is 12.4. The largest absolute Gasteiger partial charge is 0.388 e. The maximum absolute atomic E-state index is 13.0. The number of halogens is 2. The Morgan fingerprint density at radius 3 is 1.07 bits per heavy atom. The highest BCUT2D eigenvalue weighted by Crippen LogP contribution is 2.19. The Kier molecular flexibility index (Phi) is 16.2. The Hall–Kier alpha value is -6.80. The van der Waals surface area contributed by atoms with E-state index in [0.29, 0.717) is 11.4 Å². The number of nitrogens with zero attached hydrogens (tertiary/aromatic N) is 4. The van der Waals surface area contributed by atoms with Crippen molar-refractivity contribution in [2.75, 3.05) is 34.4 Å². The quantitative estimate of drug-likeness (QED) is 0.0450. The van der Waals surface area contributed by atoms with Gasteiger partial charge in [0.1, 0.15) is 22.8 Å². The van der Waals surface area contributed by atoms with Crippen LogP contribution in [0.2, 0.25) is 0 Å². The highest BCUT2D eigenvalue weighted by atomic mass is 35.5. The molecule has 0 bridgehead atoms. The molecule has 0 unspecified atom stereocenters. The molecular formula is C34H44Cl2N14O6. The second-order valence-electron chi connectivity index (χ2n) is 12.2. The highest BCUT2D eigenvalue weighted by molar-refractivity contribution is 6.09. The molecule has 4 aromatic heterocycles. The molecule has 0 aliphatic rings. The number of anilines is 4. The van der Waals surface area contributed by atoms with Gasteiger partial charge in [-0.3, -0.25) is 39.6 Å². The lowest BCUT2D eigenvalue weighted by Crippen LogP contribution is -2.28. The predicted octanol–water partition coefficient (Wildman–Crippen LogP) is 1.63. The second-order valence-corrected chi connectivity index (χ2v) is 12.2. The summed E-state index contributed by atoms with van der Waals surface area (Å²) >= 11 is 0. The Morgan fingerprint density at radius 1 is 0.518 bits per heavy atom. The lowest BCUT2D eigenvalue weighted by Gasteiger charge is -2.04. The summed E-state index contributed by atoms with van der Waals surface area (Å²) in [5, 5.41) is 30.4. The highest BCUT2D eigenvalue weighted by Gasteiger charge is 2.19. The average molecular weight is 816 g/mol. The van der Waals surface area contributed by atoms with E-state index in [9.17, 15) is 28.8 Å². The number of nitrogens with two attached hydrogens (primary N) is 2. The van der Waals surface area contributed by atoms with Crippen LogP contribution in [0.15, 0.2) is 61.2 Å². The topological polar surface area (TPSA) is 294 Å². The summed E-state index contributed by atoms with van der Waals surface area (Å²) < 4.78 is 6.07. The summed E-state index contributed by atoms with van der Waals surface area (Å²) in [7, 11) is 6.50. The monoisotopic (exact) mass is 814 g/mol. The first-order chi connectivity index (χ1) is 25.5. The first kappa shape index (κ1) is 45.4. The van der Waals surface area contributed by atoms with Crippen molar-refractivity contribution >= 4 is 94.7 Å². The number of carbonyl (C=O) groups is 6. The van der Waals surface area contributed by atoms with Crippen LogP contribution in [0.1, 0.15) is 54.8 Å². The Balaban J connectivity index is 0.00000541. The average Bonchev–Trinajstić information content (AvgIpc) is 3.84. The minimum absolute atomic E-state index is 0. The van der Waals surface area contributed by atoms with Gasteiger partial charge in [-0.2, -0.15) is 0 Å². The summed E-state index contributed by atoms with van der Waals surface area (Å²) in [4.78, 5) is 76.1. The van der Waals surface area contributed by atoms with Crippen LogP contribution >= 0.6 is 24.8 Å². The molecule has 0 aromatic carbocycles. The van der Waals surface area contributed by atoms with Crippen molar-refractivity contribution in [3.05, 3.63) is 84.0 Å². The normalized spacial score (nSPS) is 10.4. The molecule has 4 aromatic rings. The van der Waals surface area contributed by atoms with Crippen molar-refractivity contribution in [1.82, 2.24) is 28.9 Å². The van der Waals surface area contributed by atoms with Gasteiger partial charge in [-0.15, -0.1) is 24.8 Å². The van der Waals surface area contributed by atoms with Crippen molar-refractivity contribution < 1.29 is 28.8 Å². The van der Waals surface area contributed by atoms with Crippen LogP contribution < -0.4 is 43.4 Å². The molecule has 0 radical (unpaired) electrons. The van der Waals surface area contributed by atoms with Crippen molar-refractivity contribution in [2.45, 2.75) is 12.8 Å². The minimum Gasteiger partial charge on any atom is -0.388 e. The molecule has 0 aliphatic carbocycles. The number of amides is 6. The molecule has 22 heteroatoms. The van der Waals surface area contributed by atoms with Crippen LogP contribution in [-0.2, 0) is 37.8 Å². The Labute approximate surface area is 333 Å². The zero-order valence-electron chi connectivity index (χ0n) is 30.8. The van der Waals surface area contributed by atoms with E-state index in [4.69, 9.17) is 22.3 Å². The Bertz CT molecular complexity index is 2030. The maximum Gasteiger partial charge on any atom is 0.272 e. The summed E-state index contributed by atoms with van der Waals surface area (Å²) in [6.45, 7) is 0.391. The van der Waals surface area contributed by atoms with Gasteiger partial charge in [-0.25, -0.2) is 0 Å². The van der Waals surface area contributed by atoms with E-state index < -0.39 is 35.4 Å². The van der Waals surface area contributed by atoms with Crippen LogP contribution in [0.4, 0.5) is 22.7 Å². The van der Waals surface area contributed by atoms with E-state index in [1.807, 2.05) is 0 Å². The van der Waals surface area contributed by atoms with E-state index >= 15 is 0 Å². The summed E-state index contributed by atoms with van der Waals surface area (Å²) in [6, 6.07) is 5.88. The molecule has 6 amide bonds. The van der Waals surface area contributed by atoms with Crippen LogP contribution in [0.25, 0.3) is 0 Å². The number of hydrogen-bond donors (Lipinski definition) is 10. The van der Waals surface area contributed by atoms with Gasteiger partial charge in [0.25, 0.3) is 23.6 Å². The molecule has 0 spiro atoms. The first-order valence-electron chi connectivity index (χ1n) is 16.3. The van der Waals surface area contributed by atoms with E-state index in [2.05, 4.69) is 31.9 Å². The number of carbonyl (C=O) groups excluding carboxylic acids is 6. The number of rotatable bonds is 16. The van der Waals surface area contributed by atoms with Crippen molar-refractivity contribution in [2.24, 2.45) is 39.7 Å². The first-order valence-corrected chi connectivity index (χ1v) is 16.3. The van der Waals surface area contributed by atoms with Crippen molar-refractivity contribution in [1.29, 1.82) is 10.8 Å². The van der Waals surface area contributed by atoms with Crippen LogP contribution in [0, 0.1) is 10.8 Å². The molecule has 0 saturated heterocycles. The van der Waals surface area contributed by atoms with Crippen LogP contribution in [-0.4, -0.2) is 78.5 Å². The van der Waals surface area contributed by atoms with Gasteiger partial charge in [-0.05, 0) is 24.3 Å². The molecule has 4 heterocycles. The molecule has 300 valence electrons. The molecule has 0 fully saturated rings. The fourth-order valence-corrected chi connectivity index (χ4v) is 5.15. The van der Waals surface area contributed by atoms with E-state index in [0.717, 1.165) is 12.2 Å². The van der Waals surface area contributed by atoms with Gasteiger partial charge >= 0.3 is 0 Å². The lowest BCUT2D eigenvalue weighted by atomic mass is 10.3. The van der Waals surface area contributed by atoms with E-state index in [-0.39, 0.29) is 96.6 Å². The summed E-state index contributed by atoms with van der Waals surface area (Å²) in [6.07, 6.45) is 8.59. The summed E-state index contributed by atoms with van der Waals surface area (Å²) in [5.74, 6) is -3.18. The number of nitrogens with one attached hydrogen (secondary N) is 8. The van der Waals surface area contributed by atoms with Gasteiger partial charge in [0.05, 0.1) is 34.4 Å². The molecule has 12 N–H and O–H groups in total. The van der Waals surface area contributed by atoms with Crippen LogP contribution in [0.5, 0.6) is 0 Å². The zero-order chi connectivity index (χ0) is 39.7. The van der Waals surface area contributed by atoms with Crippen molar-refractivity contribution in [3.8, 4) is 0 Å². The van der Waals surface area contributed by atoms with Gasteiger partial charge in [0.2, 0.25) is 11.8 Å². The third-order valence-corrected chi connectivity index (χ3v) is 7.75. The number of hydrogen-bond acceptors (Lipinski definition) is 8. The number of aromatic nitrogens is 4. The second kappa shape index (κ2) is 20.0. The zero-order valence-corrected chi connectivity index (χ0v) is 32.4. The smallest absolute Gasteiger partial charge is 0.272 e. The van der Waals surface area contributed by atoms with Gasteiger partial charge in [-0.1, -0.05) is 0 Å². The molecule has 4 rings (SSSR count). The molecular weight excluding hydrogens is 771 g/mol. The fraction of sp³-hybridized carbons (Fsp3) is 0.235. The number of amidine groups is 2. The van der Waals surface area contributed by atoms with Gasteiger partial charge < -0.3 is 61.6 Å². The predicted molar refractivity (Wildman–Crippen MR) is 216 cm³/mol. The third-order valence-electron chi connectivity index (χ3n) is 7.75. The number of aryl methyl sites for hydroxylation is 4. The van der Waals surface area contributed by atoms with Crippen molar-refractivity contribution in [3.63, 3.8) is 0 Å². The molecule has 0 atom stereocenters. The summed E-state index contributed by atoms with van der Waals surface area (Å²) in [5.41, 5.74) is 12.9. The Morgan fingerprint density at radius 2 is 0.786 bits per heavy atom. The van der Waals surface area contributed by atoms with Gasteiger partial charge in [0.15, 0.2) is 0 Å². The SMILES string of the molecule is Cl.Cl.Cn1cc(NC(=O)c2cc(NC(=O)/C=C\C(=O)Nc3cc(C(=O)Nc4cc(C(=O)NCCC(=N)N)n(C)c4)n(C)c3)cn2C)cc1C(=O)NCCC(=N)N. The molecule has 56 heavy (non-hydrogen) atoms. The lowest BCUT2D eigenvalue weighted by molar-refractivity contribution is -0.114. The molecule has 0 aliphatic heterocycles.